The highest BCUT2D eigenvalue weighted by Crippen LogP contribution is 2.29. The van der Waals surface area contributed by atoms with Crippen LogP contribution in [0.15, 0.2) is 29.4 Å². The van der Waals surface area contributed by atoms with E-state index in [0.717, 1.165) is 36.8 Å². The van der Waals surface area contributed by atoms with Gasteiger partial charge < -0.3 is 4.57 Å². The summed E-state index contributed by atoms with van der Waals surface area (Å²) in [5, 5.41) is 8.26. The monoisotopic (exact) mass is 406 g/mol. The molecule has 1 aliphatic rings. The van der Waals surface area contributed by atoms with Gasteiger partial charge in [-0.3, -0.25) is 0 Å². The van der Waals surface area contributed by atoms with Gasteiger partial charge in [0.2, 0.25) is 10.0 Å². The Kier molecular flexibility index (Phi) is 4.95. The molecule has 0 spiro atoms. The van der Waals surface area contributed by atoms with Gasteiger partial charge in [0.05, 0.1) is 11.7 Å². The minimum Gasteiger partial charge on any atom is -0.315 e. The lowest BCUT2D eigenvalue weighted by atomic mass is 9.94. The standard InChI is InChI=1S/C17H22N6O2S2/c1-12(2)23-11-18-19-16(23)10-13-6-8-22(9-7-13)27(24,25)15-5-3-4-14-17(15)21-26-20-14/h3-5,11-13H,6-10H2,1-2H3. The Morgan fingerprint density at radius 1 is 1.22 bits per heavy atom. The Balaban J connectivity index is 1.47. The summed E-state index contributed by atoms with van der Waals surface area (Å²) in [5.74, 6) is 1.39. The molecule has 1 saturated heterocycles. The third kappa shape index (κ3) is 3.48. The maximum atomic E-state index is 13.1. The van der Waals surface area contributed by atoms with E-state index in [-0.39, 0.29) is 4.90 Å². The van der Waals surface area contributed by atoms with Crippen LogP contribution >= 0.6 is 11.7 Å². The van der Waals surface area contributed by atoms with Crippen molar-refractivity contribution in [1.29, 1.82) is 0 Å². The van der Waals surface area contributed by atoms with Crippen molar-refractivity contribution in [3.8, 4) is 0 Å². The van der Waals surface area contributed by atoms with Crippen molar-refractivity contribution in [3.63, 3.8) is 0 Å². The number of rotatable bonds is 5. The molecule has 2 aromatic heterocycles. The lowest BCUT2D eigenvalue weighted by Crippen LogP contribution is -2.39. The molecule has 0 aliphatic carbocycles. The summed E-state index contributed by atoms with van der Waals surface area (Å²) in [5.41, 5.74) is 1.10. The van der Waals surface area contributed by atoms with Crippen LogP contribution in [0.5, 0.6) is 0 Å². The summed E-state index contributed by atoms with van der Waals surface area (Å²) in [4.78, 5) is 0.256. The third-order valence-electron chi connectivity index (χ3n) is 5.12. The second kappa shape index (κ2) is 7.25. The average Bonchev–Trinajstić information content (AvgIpc) is 3.30. The third-order valence-corrected chi connectivity index (χ3v) is 7.59. The maximum absolute atomic E-state index is 13.1. The van der Waals surface area contributed by atoms with Gasteiger partial charge in [-0.25, -0.2) is 8.42 Å². The Bertz CT molecular complexity index is 1030. The van der Waals surface area contributed by atoms with Gasteiger partial charge in [0, 0.05) is 25.6 Å². The molecular formula is C17H22N6O2S2. The van der Waals surface area contributed by atoms with E-state index in [1.165, 1.54) is 0 Å². The minimum absolute atomic E-state index is 0.256. The molecule has 1 aromatic carbocycles. The minimum atomic E-state index is -3.56. The van der Waals surface area contributed by atoms with Gasteiger partial charge in [0.15, 0.2) is 0 Å². The summed E-state index contributed by atoms with van der Waals surface area (Å²) in [7, 11) is -3.56. The molecule has 0 saturated carbocycles. The number of hydrogen-bond acceptors (Lipinski definition) is 7. The highest BCUT2D eigenvalue weighted by molar-refractivity contribution is 7.89. The van der Waals surface area contributed by atoms with E-state index in [1.54, 1.807) is 28.8 Å². The van der Waals surface area contributed by atoms with Crippen molar-refractivity contribution in [2.75, 3.05) is 13.1 Å². The van der Waals surface area contributed by atoms with Gasteiger partial charge in [-0.2, -0.15) is 13.1 Å². The number of nitrogens with zero attached hydrogens (tertiary/aromatic N) is 6. The fourth-order valence-corrected chi connectivity index (χ4v) is 5.81. The predicted octanol–water partition coefficient (Wildman–Crippen LogP) is 2.51. The molecule has 0 amide bonds. The molecule has 1 aliphatic heterocycles. The maximum Gasteiger partial charge on any atom is 0.245 e. The second-order valence-electron chi connectivity index (χ2n) is 7.19. The quantitative estimate of drug-likeness (QED) is 0.646. The van der Waals surface area contributed by atoms with Crippen molar-refractivity contribution in [1.82, 2.24) is 27.8 Å². The largest absolute Gasteiger partial charge is 0.315 e. The first-order valence-corrected chi connectivity index (χ1v) is 11.2. The summed E-state index contributed by atoms with van der Waals surface area (Å²) < 4.78 is 38.2. The van der Waals surface area contributed by atoms with Crippen LogP contribution in [-0.2, 0) is 16.4 Å². The first-order chi connectivity index (χ1) is 13.0. The van der Waals surface area contributed by atoms with E-state index in [0.29, 0.717) is 36.1 Å². The average molecular weight is 407 g/mol. The molecule has 144 valence electrons. The molecule has 8 nitrogen and oxygen atoms in total. The zero-order chi connectivity index (χ0) is 19.0. The molecule has 10 heteroatoms. The highest BCUT2D eigenvalue weighted by atomic mass is 32.2. The zero-order valence-corrected chi connectivity index (χ0v) is 16.9. The molecule has 0 atom stereocenters. The highest BCUT2D eigenvalue weighted by Gasteiger charge is 2.31. The van der Waals surface area contributed by atoms with Gasteiger partial charge in [-0.05, 0) is 44.7 Å². The van der Waals surface area contributed by atoms with Crippen molar-refractivity contribution in [3.05, 3.63) is 30.4 Å². The Hall–Kier alpha value is -1.91. The van der Waals surface area contributed by atoms with Gasteiger partial charge in [-0.15, -0.1) is 10.2 Å². The lowest BCUT2D eigenvalue weighted by Gasteiger charge is -2.31. The van der Waals surface area contributed by atoms with Crippen LogP contribution in [0, 0.1) is 5.92 Å². The van der Waals surface area contributed by atoms with Gasteiger partial charge in [-0.1, -0.05) is 6.07 Å². The molecule has 1 fully saturated rings. The van der Waals surface area contributed by atoms with Crippen LogP contribution in [0.4, 0.5) is 0 Å². The van der Waals surface area contributed by atoms with Gasteiger partial charge in [0.1, 0.15) is 28.1 Å². The molecule has 3 aromatic rings. The molecule has 0 bridgehead atoms. The topological polar surface area (TPSA) is 93.9 Å². The van der Waals surface area contributed by atoms with Crippen LogP contribution in [-0.4, -0.2) is 49.3 Å². The number of sulfonamides is 1. The van der Waals surface area contributed by atoms with Crippen LogP contribution < -0.4 is 0 Å². The Morgan fingerprint density at radius 2 is 2.00 bits per heavy atom. The van der Waals surface area contributed by atoms with E-state index in [1.807, 2.05) is 0 Å². The number of hydrogen-bond donors (Lipinski definition) is 0. The van der Waals surface area contributed by atoms with Crippen molar-refractivity contribution in [2.24, 2.45) is 5.92 Å². The Morgan fingerprint density at radius 3 is 2.74 bits per heavy atom. The summed E-state index contributed by atoms with van der Waals surface area (Å²) in [6.07, 6.45) is 4.23. The van der Waals surface area contributed by atoms with Crippen molar-refractivity contribution >= 4 is 32.8 Å². The smallest absolute Gasteiger partial charge is 0.245 e. The van der Waals surface area contributed by atoms with E-state index in [4.69, 9.17) is 0 Å². The second-order valence-corrected chi connectivity index (χ2v) is 9.62. The van der Waals surface area contributed by atoms with E-state index < -0.39 is 10.0 Å². The van der Waals surface area contributed by atoms with Crippen LogP contribution in [0.2, 0.25) is 0 Å². The van der Waals surface area contributed by atoms with Crippen molar-refractivity contribution < 1.29 is 8.42 Å². The molecule has 3 heterocycles. The molecule has 27 heavy (non-hydrogen) atoms. The molecule has 0 N–H and O–H groups in total. The summed E-state index contributed by atoms with van der Waals surface area (Å²) in [6, 6.07) is 5.45. The van der Waals surface area contributed by atoms with Crippen LogP contribution in [0.1, 0.15) is 38.6 Å². The van der Waals surface area contributed by atoms with Crippen LogP contribution in [0.3, 0.4) is 0 Å². The first-order valence-electron chi connectivity index (χ1n) is 9.06. The predicted molar refractivity (Wildman–Crippen MR) is 103 cm³/mol. The van der Waals surface area contributed by atoms with E-state index in [9.17, 15) is 8.42 Å². The number of piperidine rings is 1. The van der Waals surface area contributed by atoms with E-state index in [2.05, 4.69) is 37.4 Å². The lowest BCUT2D eigenvalue weighted by molar-refractivity contribution is 0.268. The first kappa shape index (κ1) is 18.5. The fraction of sp³-hybridized carbons (Fsp3) is 0.529. The van der Waals surface area contributed by atoms with Crippen molar-refractivity contribution in [2.45, 2.75) is 44.0 Å². The van der Waals surface area contributed by atoms with Gasteiger partial charge >= 0.3 is 0 Å². The zero-order valence-electron chi connectivity index (χ0n) is 15.3. The molecular weight excluding hydrogens is 384 g/mol. The number of benzene rings is 1. The van der Waals surface area contributed by atoms with E-state index >= 15 is 0 Å². The van der Waals surface area contributed by atoms with Gasteiger partial charge in [0.25, 0.3) is 0 Å². The summed E-state index contributed by atoms with van der Waals surface area (Å²) >= 11 is 1.04. The fourth-order valence-electron chi connectivity index (χ4n) is 3.58. The molecule has 0 unspecified atom stereocenters. The van der Waals surface area contributed by atoms with Crippen LogP contribution in [0.25, 0.3) is 11.0 Å². The summed E-state index contributed by atoms with van der Waals surface area (Å²) in [6.45, 7) is 5.24. The number of aromatic nitrogens is 5. The normalized spacial score (nSPS) is 17.1. The SMILES string of the molecule is CC(C)n1cnnc1CC1CCN(S(=O)(=O)c2cccc3nsnc23)CC1. The number of fused-ring (bicyclic) bond motifs is 1. The molecule has 4 rings (SSSR count). The Labute approximate surface area is 162 Å². The molecule has 0 radical (unpaired) electrons.